The number of rotatable bonds is 2. The molecule has 0 bridgehead atoms. The van der Waals surface area contributed by atoms with E-state index in [0.29, 0.717) is 0 Å². The van der Waals surface area contributed by atoms with Crippen LogP contribution in [0, 0.1) is 0 Å². The third-order valence-electron chi connectivity index (χ3n) is 10.6. The topological polar surface area (TPSA) is 6.48 Å². The summed E-state index contributed by atoms with van der Waals surface area (Å²) in [6, 6.07) is 68.2. The zero-order chi connectivity index (χ0) is 34.5. The highest BCUT2D eigenvalue weighted by molar-refractivity contribution is 7.95. The van der Waals surface area contributed by atoms with Crippen molar-refractivity contribution in [3.63, 3.8) is 0 Å². The van der Waals surface area contributed by atoms with Gasteiger partial charge in [-0.25, -0.2) is 0 Å². The van der Waals surface area contributed by atoms with Gasteiger partial charge in [-0.1, -0.05) is 127 Å². The summed E-state index contributed by atoms with van der Waals surface area (Å²) in [5, 5.41) is 13.2. The summed E-state index contributed by atoms with van der Waals surface area (Å²) in [5.41, 5.74) is 4.97. The molecular weight excluding hydrogens is 654 g/mol. The van der Waals surface area contributed by atoms with E-state index < -0.39 is 15.2 Å². The molecule has 246 valence electrons. The number of hydrogen-bond donors (Lipinski definition) is 0. The van der Waals surface area contributed by atoms with Crippen LogP contribution < -0.4 is 41.6 Å². The zero-order valence-corrected chi connectivity index (χ0v) is 30.9. The molecule has 0 radical (unpaired) electrons. The van der Waals surface area contributed by atoms with Crippen LogP contribution in [-0.2, 0) is 0 Å². The highest BCUT2D eigenvalue weighted by atomic mass is 31.2. The molecular formula is C47H39N2P2+. The lowest BCUT2D eigenvalue weighted by Gasteiger charge is -2.36. The first-order valence-corrected chi connectivity index (χ1v) is 21.1. The van der Waals surface area contributed by atoms with Crippen molar-refractivity contribution in [3.8, 4) is 0 Å². The number of benzene rings is 8. The molecule has 9 rings (SSSR count). The molecule has 8 aromatic carbocycles. The number of hydrogen-bond acceptors (Lipinski definition) is 2. The fourth-order valence-electron chi connectivity index (χ4n) is 7.95. The van der Waals surface area contributed by atoms with Gasteiger partial charge in [-0.3, -0.25) is 0 Å². The van der Waals surface area contributed by atoms with E-state index in [9.17, 15) is 0 Å². The molecule has 51 heavy (non-hydrogen) atoms. The third kappa shape index (κ3) is 5.25. The van der Waals surface area contributed by atoms with Gasteiger partial charge >= 0.3 is 0 Å². The van der Waals surface area contributed by atoms with Gasteiger partial charge in [-0.2, -0.15) is 0 Å². The Balaban J connectivity index is 1.48. The van der Waals surface area contributed by atoms with Crippen molar-refractivity contribution >= 4 is 91.3 Å². The van der Waals surface area contributed by atoms with Gasteiger partial charge in [-0.05, 0) is 89.4 Å². The van der Waals surface area contributed by atoms with Crippen molar-refractivity contribution < 1.29 is 0 Å². The van der Waals surface area contributed by atoms with Crippen LogP contribution in [0.1, 0.15) is 0 Å². The largest absolute Gasteiger partial charge is 0.341 e. The second-order valence-corrected chi connectivity index (χ2v) is 19.1. The second kappa shape index (κ2) is 12.8. The maximum absolute atomic E-state index is 2.53. The van der Waals surface area contributed by atoms with Crippen LogP contribution in [0.15, 0.2) is 182 Å². The molecule has 0 amide bonds. The molecule has 2 atom stereocenters. The van der Waals surface area contributed by atoms with Crippen molar-refractivity contribution in [3.05, 3.63) is 182 Å². The summed E-state index contributed by atoms with van der Waals surface area (Å²) in [5.74, 6) is 0. The summed E-state index contributed by atoms with van der Waals surface area (Å²) < 4.78 is 0. The van der Waals surface area contributed by atoms with Gasteiger partial charge in [0.05, 0.1) is 18.0 Å². The van der Waals surface area contributed by atoms with Gasteiger partial charge < -0.3 is 9.80 Å². The summed E-state index contributed by atoms with van der Waals surface area (Å²) in [4.78, 5) is 4.98. The Morgan fingerprint density at radius 2 is 0.882 bits per heavy atom. The van der Waals surface area contributed by atoms with Gasteiger partial charge in [0.2, 0.25) is 0 Å². The molecule has 0 spiro atoms. The standard InChI is InChI=1S/C47H39N2P2/c1-48-40-26-14-16-28-44(40)50(38-22-6-4-7-23-38)45-32-36-20-12-10-18-34(36)30-42(45)49(2)43-31-35-19-11-13-21-37(35)33-47(43)51(3,39-24-8-5-9-25-39)46-29-17-15-27-41(46)48/h4-33H,1-3H3/q+1. The van der Waals surface area contributed by atoms with Crippen molar-refractivity contribution in [1.29, 1.82) is 0 Å². The maximum atomic E-state index is 2.53. The minimum atomic E-state index is -2.25. The molecule has 0 saturated heterocycles. The monoisotopic (exact) mass is 693 g/mol. The predicted octanol–water partition coefficient (Wildman–Crippen LogP) is 9.52. The molecule has 2 nitrogen and oxygen atoms in total. The zero-order valence-electron chi connectivity index (χ0n) is 29.1. The highest BCUT2D eigenvalue weighted by Gasteiger charge is 2.46. The average molecular weight is 694 g/mol. The van der Waals surface area contributed by atoms with Gasteiger partial charge in [0.25, 0.3) is 0 Å². The smallest absolute Gasteiger partial charge is 0.128 e. The van der Waals surface area contributed by atoms with E-state index in [1.54, 1.807) is 0 Å². The first-order chi connectivity index (χ1) is 25.0. The molecule has 0 fully saturated rings. The lowest BCUT2D eigenvalue weighted by molar-refractivity contribution is 1.22. The van der Waals surface area contributed by atoms with Gasteiger partial charge in [0.15, 0.2) is 0 Å². The van der Waals surface area contributed by atoms with E-state index in [1.165, 1.54) is 76.1 Å². The molecule has 0 aromatic heterocycles. The minimum absolute atomic E-state index is 0.973. The van der Waals surface area contributed by atoms with Crippen molar-refractivity contribution in [1.82, 2.24) is 0 Å². The molecule has 1 aliphatic heterocycles. The quantitative estimate of drug-likeness (QED) is 0.167. The Hall–Kier alpha value is -5.26. The average Bonchev–Trinajstić information content (AvgIpc) is 3.20. The van der Waals surface area contributed by atoms with E-state index in [2.05, 4.69) is 213 Å². The lowest BCUT2D eigenvalue weighted by Crippen LogP contribution is -2.38. The fraction of sp³-hybridized carbons (Fsp3) is 0.0638. The van der Waals surface area contributed by atoms with Crippen molar-refractivity contribution in [2.75, 3.05) is 30.6 Å². The molecule has 0 N–H and O–H groups in total. The van der Waals surface area contributed by atoms with Crippen LogP contribution in [-0.4, -0.2) is 20.8 Å². The molecule has 0 aliphatic carbocycles. The molecule has 4 heteroatoms. The van der Waals surface area contributed by atoms with Crippen LogP contribution in [0.3, 0.4) is 0 Å². The van der Waals surface area contributed by atoms with Crippen molar-refractivity contribution in [2.24, 2.45) is 0 Å². The fourth-order valence-corrected chi connectivity index (χ4v) is 14.4. The number of fused-ring (bicyclic) bond motifs is 6. The third-order valence-corrected chi connectivity index (χ3v) is 17.1. The van der Waals surface area contributed by atoms with Gasteiger partial charge in [0.1, 0.15) is 23.2 Å². The van der Waals surface area contributed by atoms with Crippen LogP contribution in [0.4, 0.5) is 22.7 Å². The van der Waals surface area contributed by atoms with Crippen LogP contribution >= 0.6 is 15.2 Å². The van der Waals surface area contributed by atoms with Gasteiger partial charge in [-0.15, -0.1) is 0 Å². The van der Waals surface area contributed by atoms with E-state index in [1.807, 2.05) is 0 Å². The summed E-state index contributed by atoms with van der Waals surface area (Å²) in [6.45, 7) is 2.53. The molecule has 2 unspecified atom stereocenters. The van der Waals surface area contributed by atoms with E-state index in [0.717, 1.165) is 0 Å². The molecule has 1 heterocycles. The maximum Gasteiger partial charge on any atom is 0.128 e. The van der Waals surface area contributed by atoms with Crippen LogP contribution in [0.2, 0.25) is 0 Å². The highest BCUT2D eigenvalue weighted by Crippen LogP contribution is 2.57. The number of para-hydroxylation sites is 2. The minimum Gasteiger partial charge on any atom is -0.341 e. The first kappa shape index (κ1) is 31.7. The summed E-state index contributed by atoms with van der Waals surface area (Å²) in [6.07, 6.45) is 0. The lowest BCUT2D eigenvalue weighted by atomic mass is 10.1. The molecule has 0 saturated carbocycles. The van der Waals surface area contributed by atoms with E-state index >= 15 is 0 Å². The van der Waals surface area contributed by atoms with Crippen molar-refractivity contribution in [2.45, 2.75) is 0 Å². The SMILES string of the molecule is CN1c2ccccc2P(c2ccccc2)c2cc3ccccc3cc2N(C)c2cc3ccccc3cc2[P+](C)(c2ccccc2)c2ccccc21. The summed E-state index contributed by atoms with van der Waals surface area (Å²) >= 11 is 0. The van der Waals surface area contributed by atoms with Gasteiger partial charge in [0, 0.05) is 36.1 Å². The Morgan fingerprint density at radius 1 is 0.392 bits per heavy atom. The Kier molecular flexibility index (Phi) is 7.96. The predicted molar refractivity (Wildman–Crippen MR) is 227 cm³/mol. The van der Waals surface area contributed by atoms with Crippen LogP contribution in [0.5, 0.6) is 0 Å². The van der Waals surface area contributed by atoms with E-state index in [4.69, 9.17) is 0 Å². The van der Waals surface area contributed by atoms with E-state index in [-0.39, 0.29) is 0 Å². The molecule has 1 aliphatic rings. The first-order valence-electron chi connectivity index (χ1n) is 17.5. The van der Waals surface area contributed by atoms with Crippen LogP contribution in [0.25, 0.3) is 21.5 Å². The second-order valence-electron chi connectivity index (χ2n) is 13.5. The number of anilines is 4. The Morgan fingerprint density at radius 3 is 1.57 bits per heavy atom. The Labute approximate surface area is 302 Å². The summed E-state index contributed by atoms with van der Waals surface area (Å²) in [7, 11) is 1.34. The normalized spacial score (nSPS) is 17.1. The Bertz CT molecular complexity index is 2550. The molecule has 8 aromatic rings. The number of nitrogens with zero attached hydrogens (tertiary/aromatic N) is 2.